The van der Waals surface area contributed by atoms with E-state index in [4.69, 9.17) is 0 Å². The van der Waals surface area contributed by atoms with Gasteiger partial charge in [0.15, 0.2) is 10.1 Å². The maximum absolute atomic E-state index is 13.0. The minimum Gasteiger partial charge on any atom is -0.743 e. The minimum absolute atomic E-state index is 0. The Labute approximate surface area is 148 Å². The van der Waals surface area contributed by atoms with Gasteiger partial charge in [-0.25, -0.2) is 12.8 Å². The van der Waals surface area contributed by atoms with Crippen molar-refractivity contribution in [2.75, 3.05) is 0 Å². The average molecular weight is 499 g/mol. The van der Waals surface area contributed by atoms with Crippen LogP contribution in [0.3, 0.4) is 0 Å². The van der Waals surface area contributed by atoms with Gasteiger partial charge in [-0.15, -0.1) is 0 Å². The SMILES string of the molecule is O=S(=O)([O-])C(F)(F)C(F)(F)C(F)(F)C(F)(F)C(F)(F)C(F)(F)C(F)C(F)(F)F.[NH4+]. The molecule has 4 nitrogen and oxygen atoms in total. The lowest BCUT2D eigenvalue weighted by Crippen LogP contribution is -2.73. The largest absolute Gasteiger partial charge is 0.743 e. The Kier molecular flexibility index (Phi) is 7.40. The van der Waals surface area contributed by atoms with Crippen LogP contribution in [0.4, 0.5) is 70.2 Å². The van der Waals surface area contributed by atoms with Crippen LogP contribution in [0.25, 0.3) is 0 Å². The molecule has 1 atom stereocenters. The van der Waals surface area contributed by atoms with E-state index in [2.05, 4.69) is 0 Å². The first-order valence-corrected chi connectivity index (χ1v) is 6.99. The summed E-state index contributed by atoms with van der Waals surface area (Å²) < 4.78 is 232. The van der Waals surface area contributed by atoms with E-state index in [9.17, 15) is 83.2 Å². The summed E-state index contributed by atoms with van der Waals surface area (Å²) >= 11 is 0. The Morgan fingerprint density at radius 2 is 0.862 bits per heavy atom. The summed E-state index contributed by atoms with van der Waals surface area (Å²) in [5.41, 5.74) is 0. The molecule has 4 N–H and O–H groups in total. The lowest BCUT2D eigenvalue weighted by Gasteiger charge is -2.42. The van der Waals surface area contributed by atoms with Crippen molar-refractivity contribution < 1.29 is 83.2 Å². The molecule has 0 aromatic rings. The molecule has 0 aromatic carbocycles. The van der Waals surface area contributed by atoms with Gasteiger partial charge in [0.05, 0.1) is 0 Å². The van der Waals surface area contributed by atoms with E-state index in [0.717, 1.165) is 0 Å². The van der Waals surface area contributed by atoms with E-state index < -0.39 is 57.3 Å². The summed E-state index contributed by atoms with van der Waals surface area (Å²) in [5.74, 6) is -42.1. The van der Waals surface area contributed by atoms with Crippen molar-refractivity contribution in [3.05, 3.63) is 0 Å². The van der Waals surface area contributed by atoms with Gasteiger partial charge < -0.3 is 10.7 Å². The van der Waals surface area contributed by atoms with E-state index in [1.165, 1.54) is 0 Å². The normalized spacial score (nSPS) is 17.0. The molecule has 0 spiro atoms. The highest BCUT2D eigenvalue weighted by Gasteiger charge is 2.92. The number of hydrogen-bond acceptors (Lipinski definition) is 3. The van der Waals surface area contributed by atoms with Crippen LogP contribution in [0, 0.1) is 0 Å². The monoisotopic (exact) mass is 499 g/mol. The topological polar surface area (TPSA) is 93.7 Å². The van der Waals surface area contributed by atoms with E-state index in [0.29, 0.717) is 0 Å². The lowest BCUT2D eigenvalue weighted by atomic mass is 9.92. The molecule has 0 aromatic heterocycles. The molecular weight excluding hydrogens is 494 g/mol. The first kappa shape index (κ1) is 29.9. The Hall–Kier alpha value is -1.25. The second-order valence-corrected chi connectivity index (χ2v) is 6.22. The van der Waals surface area contributed by atoms with Crippen molar-refractivity contribution in [1.29, 1.82) is 0 Å². The van der Waals surface area contributed by atoms with Gasteiger partial charge >= 0.3 is 41.0 Å². The fraction of sp³-hybridized carbons (Fsp3) is 1.00. The van der Waals surface area contributed by atoms with Gasteiger partial charge in [0.25, 0.3) is 6.17 Å². The predicted octanol–water partition coefficient (Wildman–Crippen LogP) is 4.58. The Morgan fingerprint density at radius 1 is 0.586 bits per heavy atom. The first-order valence-electron chi connectivity index (χ1n) is 5.58. The van der Waals surface area contributed by atoms with Crippen LogP contribution >= 0.6 is 0 Å². The minimum atomic E-state index is -8.66. The summed E-state index contributed by atoms with van der Waals surface area (Å²) in [5, 5.41) is -7.85. The summed E-state index contributed by atoms with van der Waals surface area (Å²) in [4.78, 5) is 0. The predicted molar refractivity (Wildman–Crippen MR) is 56.3 cm³/mol. The molecule has 0 rings (SSSR count). The van der Waals surface area contributed by atoms with Crippen molar-refractivity contribution in [2.24, 2.45) is 0 Å². The van der Waals surface area contributed by atoms with Gasteiger partial charge in [-0.1, -0.05) is 0 Å². The molecule has 29 heavy (non-hydrogen) atoms. The molecule has 0 fully saturated rings. The molecule has 0 aliphatic heterocycles. The molecule has 0 radical (unpaired) electrons. The van der Waals surface area contributed by atoms with Gasteiger partial charge in [0.2, 0.25) is 0 Å². The van der Waals surface area contributed by atoms with E-state index >= 15 is 0 Å². The fourth-order valence-electron chi connectivity index (χ4n) is 1.31. The second-order valence-electron chi connectivity index (χ2n) is 4.80. The Morgan fingerprint density at radius 3 is 1.10 bits per heavy atom. The maximum atomic E-state index is 13.0. The molecule has 0 amide bonds. The smallest absolute Gasteiger partial charge is 0.425 e. The zero-order chi connectivity index (χ0) is 23.6. The average Bonchev–Trinajstić information content (AvgIpc) is 2.42. The molecule has 0 aliphatic rings. The molecule has 0 bridgehead atoms. The molecule has 178 valence electrons. The molecule has 0 saturated carbocycles. The molecule has 1 unspecified atom stereocenters. The standard InChI is InChI=1S/C8H2F16O3S.H3N/c9-1(3(12,13)14)2(10,11)4(15,16)5(17,18)6(19,20)7(21,22)8(23,24)28(25,26)27;/h1H,(H,25,26,27);1H3. The Bertz CT molecular complexity index is 697. The Balaban J connectivity index is 0. The molecule has 21 heteroatoms. The van der Waals surface area contributed by atoms with Crippen LogP contribution in [0.5, 0.6) is 0 Å². The third-order valence-electron chi connectivity index (χ3n) is 2.89. The van der Waals surface area contributed by atoms with Crippen LogP contribution in [-0.2, 0) is 10.1 Å². The van der Waals surface area contributed by atoms with Crippen molar-refractivity contribution in [3.8, 4) is 0 Å². The van der Waals surface area contributed by atoms with Crippen LogP contribution in [0.1, 0.15) is 0 Å². The third kappa shape index (κ3) is 3.91. The molecule has 0 heterocycles. The number of hydrogen-bond donors (Lipinski definition) is 1. The number of halogens is 16. The van der Waals surface area contributed by atoms with Crippen molar-refractivity contribution in [3.63, 3.8) is 0 Å². The highest BCUT2D eigenvalue weighted by Crippen LogP contribution is 2.62. The van der Waals surface area contributed by atoms with E-state index in [1.807, 2.05) is 0 Å². The first-order chi connectivity index (χ1) is 11.7. The fourth-order valence-corrected chi connectivity index (χ4v) is 1.75. The lowest BCUT2D eigenvalue weighted by molar-refractivity contribution is -0.429. The van der Waals surface area contributed by atoms with Gasteiger partial charge in [0.1, 0.15) is 0 Å². The van der Waals surface area contributed by atoms with Gasteiger partial charge in [-0.05, 0) is 0 Å². The molecule has 0 saturated heterocycles. The maximum Gasteiger partial charge on any atom is 0.425 e. The summed E-state index contributed by atoms with van der Waals surface area (Å²) in [6.45, 7) is 0. The second kappa shape index (κ2) is 7.17. The third-order valence-corrected chi connectivity index (χ3v) is 3.77. The highest BCUT2D eigenvalue weighted by molar-refractivity contribution is 7.86. The summed E-state index contributed by atoms with van der Waals surface area (Å²) in [6.07, 6.45) is -13.6. The van der Waals surface area contributed by atoms with E-state index in [1.54, 1.807) is 0 Å². The number of alkyl halides is 16. The van der Waals surface area contributed by atoms with Crippen molar-refractivity contribution >= 4 is 10.1 Å². The van der Waals surface area contributed by atoms with Gasteiger partial charge in [0, 0.05) is 0 Å². The zero-order valence-electron chi connectivity index (χ0n) is 12.8. The van der Waals surface area contributed by atoms with Crippen LogP contribution in [-0.4, -0.2) is 60.2 Å². The number of rotatable bonds is 7. The van der Waals surface area contributed by atoms with Crippen LogP contribution in [0.15, 0.2) is 0 Å². The van der Waals surface area contributed by atoms with Crippen LogP contribution < -0.4 is 6.15 Å². The summed E-state index contributed by atoms with van der Waals surface area (Å²) in [7, 11) is -8.06. The zero-order valence-corrected chi connectivity index (χ0v) is 13.6. The number of quaternary nitrogens is 1. The van der Waals surface area contributed by atoms with Crippen molar-refractivity contribution in [2.45, 2.75) is 47.2 Å². The van der Waals surface area contributed by atoms with Crippen LogP contribution in [0.2, 0.25) is 0 Å². The molecule has 0 aliphatic carbocycles. The van der Waals surface area contributed by atoms with Gasteiger partial charge in [-0.2, -0.15) is 65.9 Å². The quantitative estimate of drug-likeness (QED) is 0.411. The van der Waals surface area contributed by atoms with Gasteiger partial charge in [-0.3, -0.25) is 0 Å². The molecular formula is C8H5F16NO3S. The van der Waals surface area contributed by atoms with E-state index in [-0.39, 0.29) is 6.15 Å². The highest BCUT2D eigenvalue weighted by atomic mass is 32.2. The van der Waals surface area contributed by atoms with Crippen molar-refractivity contribution in [1.82, 2.24) is 6.15 Å². The summed E-state index contributed by atoms with van der Waals surface area (Å²) in [6, 6.07) is 0.